The Morgan fingerprint density at radius 2 is 1.53 bits per heavy atom. The number of hydrogen-bond acceptors (Lipinski definition) is 7. The van der Waals surface area contributed by atoms with Gasteiger partial charge in [-0.25, -0.2) is 23.9 Å². The molecule has 6 N–H and O–H groups in total. The molecule has 3 aromatic carbocycles. The van der Waals surface area contributed by atoms with Gasteiger partial charge in [0.1, 0.15) is 11.6 Å². The van der Waals surface area contributed by atoms with Gasteiger partial charge in [-0.1, -0.05) is 49.4 Å². The van der Waals surface area contributed by atoms with Gasteiger partial charge in [-0.05, 0) is 54.6 Å². The van der Waals surface area contributed by atoms with Crippen LogP contribution in [0.15, 0.2) is 85.6 Å². The molecule has 0 radical (unpaired) electrons. The second-order valence-corrected chi connectivity index (χ2v) is 11.0. The predicted octanol–water partition coefficient (Wildman–Crippen LogP) is 8.00. The lowest BCUT2D eigenvalue weighted by molar-refractivity contribution is -0.193. The zero-order valence-corrected chi connectivity index (χ0v) is 28.2. The molecule has 53 heavy (non-hydrogen) atoms. The second-order valence-electron chi connectivity index (χ2n) is 11.0. The van der Waals surface area contributed by atoms with Gasteiger partial charge < -0.3 is 31.0 Å². The minimum Gasteiger partial charge on any atom is -0.491 e. The first-order valence-electron chi connectivity index (χ1n) is 15.6. The topological polar surface area (TPSA) is 167 Å². The third kappa shape index (κ3) is 10.7. The summed E-state index contributed by atoms with van der Waals surface area (Å²) in [6.07, 6.45) is -5.70. The highest BCUT2D eigenvalue weighted by Gasteiger charge is 2.39. The maximum absolute atomic E-state index is 16.3. The molecule has 1 unspecified atom stereocenters. The Bertz CT molecular complexity index is 2040. The first-order chi connectivity index (χ1) is 24.8. The molecule has 5 rings (SSSR count). The van der Waals surface area contributed by atoms with Crippen LogP contribution in [0, 0.1) is 5.82 Å². The Morgan fingerprint density at radius 1 is 0.925 bits per heavy atom. The summed E-state index contributed by atoms with van der Waals surface area (Å²) < 4.78 is 87.4. The van der Waals surface area contributed by atoms with Crippen LogP contribution >= 0.6 is 0 Å². The molecule has 1 atom stereocenters. The highest BCUT2D eigenvalue weighted by atomic mass is 19.4. The number of carboxylic acids is 2. The van der Waals surface area contributed by atoms with Crippen molar-refractivity contribution in [3.63, 3.8) is 0 Å². The van der Waals surface area contributed by atoms with Crippen LogP contribution < -0.4 is 16.2 Å². The monoisotopic (exact) mass is 749 g/mol. The average molecular weight is 750 g/mol. The van der Waals surface area contributed by atoms with E-state index in [0.717, 1.165) is 27.6 Å². The number of hydrogen-bond donors (Lipinski definition) is 4. The van der Waals surface area contributed by atoms with E-state index in [-0.39, 0.29) is 5.75 Å². The highest BCUT2D eigenvalue weighted by Crippen LogP contribution is 2.39. The van der Waals surface area contributed by atoms with Gasteiger partial charge in [0.2, 0.25) is 0 Å². The van der Waals surface area contributed by atoms with E-state index in [1.54, 1.807) is 18.2 Å². The summed E-state index contributed by atoms with van der Waals surface area (Å²) in [4.78, 5) is 27.6. The van der Waals surface area contributed by atoms with Crippen molar-refractivity contribution in [1.29, 1.82) is 0 Å². The number of halogens is 7. The van der Waals surface area contributed by atoms with Crippen molar-refractivity contribution in [1.82, 2.24) is 14.5 Å². The van der Waals surface area contributed by atoms with E-state index in [1.807, 2.05) is 79.2 Å². The first-order valence-corrected chi connectivity index (χ1v) is 15.6. The smallest absolute Gasteiger partial charge is 0.490 e. The quantitative estimate of drug-likeness (QED) is 0.0664. The number of nitrogens with zero attached hydrogens (tertiary/aromatic N) is 3. The van der Waals surface area contributed by atoms with Gasteiger partial charge in [-0.2, -0.15) is 26.3 Å². The summed E-state index contributed by atoms with van der Waals surface area (Å²) in [7, 11) is 0. The number of nitrogens with two attached hydrogens (primary N) is 2. The minimum atomic E-state index is -5.08. The molecule has 0 saturated carbocycles. The molecule has 0 amide bonds. The summed E-state index contributed by atoms with van der Waals surface area (Å²) in [6, 6.07) is 20.9. The lowest BCUT2D eigenvalue weighted by Gasteiger charge is -2.22. The van der Waals surface area contributed by atoms with E-state index in [9.17, 15) is 26.3 Å². The van der Waals surface area contributed by atoms with Gasteiger partial charge in [-0.3, -0.25) is 0 Å². The van der Waals surface area contributed by atoms with Gasteiger partial charge in [0.25, 0.3) is 0 Å². The number of carbonyl (C=O) groups is 2. The molecule has 0 aliphatic carbocycles. The lowest BCUT2D eigenvalue weighted by atomic mass is 9.90. The Morgan fingerprint density at radius 3 is 2.06 bits per heavy atom. The van der Waals surface area contributed by atoms with E-state index in [0.29, 0.717) is 48.2 Å². The van der Waals surface area contributed by atoms with Gasteiger partial charge >= 0.3 is 24.3 Å². The van der Waals surface area contributed by atoms with Crippen LogP contribution in [-0.2, 0) is 22.6 Å². The molecule has 0 spiro atoms. The number of aryl methyl sites for hydroxylation is 1. The number of nitrogen functional groups attached to an aromatic ring is 2. The predicted molar refractivity (Wildman–Crippen MR) is 184 cm³/mol. The summed E-state index contributed by atoms with van der Waals surface area (Å²) >= 11 is 0. The molecule has 0 aliphatic rings. The van der Waals surface area contributed by atoms with Crippen molar-refractivity contribution < 1.29 is 55.3 Å². The first kappa shape index (κ1) is 41.3. The number of carboxylic acid groups (broad SMARTS) is 2. The van der Waals surface area contributed by atoms with Crippen LogP contribution in [0.5, 0.6) is 5.75 Å². The minimum absolute atomic E-state index is 0.208. The van der Waals surface area contributed by atoms with Gasteiger partial charge in [-0.15, -0.1) is 6.58 Å². The summed E-state index contributed by atoms with van der Waals surface area (Å²) in [6.45, 7) is 8.64. The Hall–Kier alpha value is -6.13. The summed E-state index contributed by atoms with van der Waals surface area (Å²) in [5.41, 5.74) is 16.8. The zero-order valence-electron chi connectivity index (χ0n) is 28.2. The fraction of sp³-hybridized carbons (Fsp3) is 0.222. The fourth-order valence-corrected chi connectivity index (χ4v) is 4.95. The number of fused-ring (bicyclic) bond motifs is 1. The zero-order chi connectivity index (χ0) is 39.7. The molecule has 282 valence electrons. The number of alkyl halides is 6. The SMILES string of the molecule is C=CCn1cc(-c2ccccc2)nc1C(c1cc2cc(N)ccc2c(N)n1)c1cc(CC)cc(OCC)c1F.O=C(O)C(F)(F)F.O=C(O)C(F)(F)F. The highest BCUT2D eigenvalue weighted by molar-refractivity contribution is 5.93. The Balaban J connectivity index is 0.000000458. The second kappa shape index (κ2) is 17.4. The molecule has 2 aromatic heterocycles. The van der Waals surface area contributed by atoms with E-state index in [1.165, 1.54) is 0 Å². The number of benzene rings is 3. The molecule has 2 heterocycles. The number of allylic oxidation sites excluding steroid dienone is 1. The van der Waals surface area contributed by atoms with Gasteiger partial charge in [0.05, 0.1) is 23.9 Å². The molecule has 5 aromatic rings. The number of ether oxygens (including phenoxy) is 1. The van der Waals surface area contributed by atoms with Crippen LogP contribution in [0.3, 0.4) is 0 Å². The van der Waals surface area contributed by atoms with Crippen LogP contribution in [0.25, 0.3) is 22.0 Å². The van der Waals surface area contributed by atoms with E-state index in [2.05, 4.69) is 6.58 Å². The lowest BCUT2D eigenvalue weighted by Crippen LogP contribution is -2.21. The molecule has 0 bridgehead atoms. The maximum Gasteiger partial charge on any atom is 0.490 e. The third-order valence-corrected chi connectivity index (χ3v) is 7.29. The van der Waals surface area contributed by atoms with E-state index in [4.69, 9.17) is 46.0 Å². The normalized spacial score (nSPS) is 11.8. The van der Waals surface area contributed by atoms with Crippen molar-refractivity contribution in [3.8, 4) is 17.0 Å². The molecule has 0 saturated heterocycles. The molecule has 0 fully saturated rings. The van der Waals surface area contributed by atoms with Crippen LogP contribution in [0.1, 0.15) is 42.4 Å². The van der Waals surface area contributed by atoms with E-state index < -0.39 is 36.0 Å². The standard InChI is InChI=1S/C32H32FN5O.2C2HF3O2/c1-4-14-38-19-27(21-10-8-7-9-11-21)37-32(38)29(25-15-20(5-2)16-28(30(25)33)39-6-3)26-18-22-17-23(34)12-13-24(22)31(35)36-26;2*3-2(4,5)1(6)7/h4,7-13,15-19,29H,1,5-6,14,34H2,2-3H3,(H2,35,36);2*(H,6,7). The number of pyridine rings is 1. The Labute approximate surface area is 298 Å². The van der Waals surface area contributed by atoms with Crippen molar-refractivity contribution >= 4 is 34.2 Å². The molecule has 17 heteroatoms. The molecule has 0 aliphatic heterocycles. The third-order valence-electron chi connectivity index (χ3n) is 7.29. The number of rotatable bonds is 9. The Kier molecular flexibility index (Phi) is 13.5. The average Bonchev–Trinajstić information content (AvgIpc) is 3.49. The number of aliphatic carboxylic acids is 2. The number of imidazole rings is 1. The van der Waals surface area contributed by atoms with Crippen LogP contribution in [0.4, 0.5) is 42.2 Å². The fourth-order valence-electron chi connectivity index (χ4n) is 4.95. The van der Waals surface area contributed by atoms with Crippen molar-refractivity contribution in [3.05, 3.63) is 114 Å². The van der Waals surface area contributed by atoms with E-state index >= 15 is 4.39 Å². The largest absolute Gasteiger partial charge is 0.491 e. The number of anilines is 2. The number of aromatic nitrogens is 3. The maximum atomic E-state index is 16.3. The van der Waals surface area contributed by atoms with Crippen LogP contribution in [-0.4, -0.2) is 55.6 Å². The van der Waals surface area contributed by atoms with Crippen molar-refractivity contribution in [2.75, 3.05) is 18.1 Å². The van der Waals surface area contributed by atoms with Crippen LogP contribution in [0.2, 0.25) is 0 Å². The van der Waals surface area contributed by atoms with Crippen molar-refractivity contribution in [2.45, 2.75) is 45.1 Å². The van der Waals surface area contributed by atoms with Gasteiger partial charge in [0, 0.05) is 34.9 Å². The summed E-state index contributed by atoms with van der Waals surface area (Å²) in [5, 5.41) is 15.9. The molecule has 10 nitrogen and oxygen atoms in total. The molecular weight excluding hydrogens is 715 g/mol. The summed E-state index contributed by atoms with van der Waals surface area (Å²) in [5.74, 6) is -5.46. The molecular formula is C36H34F7N5O5. The van der Waals surface area contributed by atoms with Gasteiger partial charge in [0.15, 0.2) is 11.6 Å². The van der Waals surface area contributed by atoms with Crippen molar-refractivity contribution in [2.24, 2.45) is 0 Å².